The van der Waals surface area contributed by atoms with Gasteiger partial charge in [0, 0.05) is 18.7 Å². The van der Waals surface area contributed by atoms with Gasteiger partial charge in [0.2, 0.25) is 5.88 Å². The fourth-order valence-corrected chi connectivity index (χ4v) is 5.18. The van der Waals surface area contributed by atoms with Crippen LogP contribution < -0.4 is 15.6 Å². The highest BCUT2D eigenvalue weighted by Crippen LogP contribution is 2.45. The molecule has 1 atom stereocenters. The summed E-state index contributed by atoms with van der Waals surface area (Å²) in [4.78, 5) is 39.2. The fourth-order valence-electron chi connectivity index (χ4n) is 4.40. The van der Waals surface area contributed by atoms with Gasteiger partial charge in [0.1, 0.15) is 23.4 Å². The van der Waals surface area contributed by atoms with E-state index in [9.17, 15) is 26.4 Å². The van der Waals surface area contributed by atoms with Crippen molar-refractivity contribution >= 4 is 26.8 Å². The molecule has 1 saturated carbocycles. The van der Waals surface area contributed by atoms with Crippen molar-refractivity contribution in [3.63, 3.8) is 0 Å². The lowest BCUT2D eigenvalue weighted by atomic mass is 10.1. The summed E-state index contributed by atoms with van der Waals surface area (Å²) in [6.07, 6.45) is -0.388. The predicted molar refractivity (Wildman–Crippen MR) is 146 cm³/mol. The van der Waals surface area contributed by atoms with Crippen molar-refractivity contribution in [1.29, 1.82) is 0 Å². The molecule has 0 saturated heterocycles. The van der Waals surface area contributed by atoms with Crippen LogP contribution >= 0.6 is 0 Å². The molecule has 42 heavy (non-hydrogen) atoms. The Hall–Kier alpha value is -4.21. The Labute approximate surface area is 238 Å². The summed E-state index contributed by atoms with van der Waals surface area (Å²) < 4.78 is 72.2. The molecule has 0 amide bonds. The first-order valence-corrected chi connectivity index (χ1v) is 14.7. The molecule has 0 aliphatic heterocycles. The number of sulfone groups is 1. The quantitative estimate of drug-likeness (QED) is 0.297. The highest BCUT2D eigenvalue weighted by atomic mass is 32.2. The van der Waals surface area contributed by atoms with E-state index in [1.807, 2.05) is 0 Å². The van der Waals surface area contributed by atoms with Crippen LogP contribution in [0.3, 0.4) is 0 Å². The summed E-state index contributed by atoms with van der Waals surface area (Å²) in [5, 5.41) is 2.66. The van der Waals surface area contributed by atoms with Crippen LogP contribution in [0.15, 0.2) is 34.5 Å². The molecule has 0 spiro atoms. The van der Waals surface area contributed by atoms with Crippen molar-refractivity contribution < 1.29 is 26.3 Å². The van der Waals surface area contributed by atoms with Gasteiger partial charge < -0.3 is 10.1 Å². The molecule has 0 bridgehead atoms. The molecule has 1 fully saturated rings. The van der Waals surface area contributed by atoms with E-state index in [1.54, 1.807) is 6.92 Å². The Morgan fingerprint density at radius 2 is 1.88 bits per heavy atom. The van der Waals surface area contributed by atoms with Crippen molar-refractivity contribution in [2.75, 3.05) is 18.2 Å². The van der Waals surface area contributed by atoms with Gasteiger partial charge in [0.25, 0.3) is 5.56 Å². The van der Waals surface area contributed by atoms with Gasteiger partial charge in [-0.25, -0.2) is 38.3 Å². The molecular formula is C26H27F3N8O4S. The first-order valence-electron chi connectivity index (χ1n) is 13.0. The lowest BCUT2D eigenvalue weighted by Crippen LogP contribution is -2.35. The zero-order valence-corrected chi connectivity index (χ0v) is 23.9. The summed E-state index contributed by atoms with van der Waals surface area (Å²) in [7, 11) is -2.11. The maximum absolute atomic E-state index is 14.1. The Balaban J connectivity index is 1.63. The van der Waals surface area contributed by atoms with Crippen molar-refractivity contribution in [2.45, 2.75) is 63.3 Å². The zero-order valence-electron chi connectivity index (χ0n) is 23.1. The number of aromatic nitrogens is 7. The summed E-state index contributed by atoms with van der Waals surface area (Å²) in [6.45, 7) is 3.85. The highest BCUT2D eigenvalue weighted by Gasteiger charge is 2.40. The summed E-state index contributed by atoms with van der Waals surface area (Å²) >= 11 is 0. The number of halogens is 3. The Morgan fingerprint density at radius 1 is 1.14 bits per heavy atom. The van der Waals surface area contributed by atoms with Crippen LogP contribution in [0.25, 0.3) is 22.6 Å². The number of nitrogens with one attached hydrogen (secondary N) is 1. The van der Waals surface area contributed by atoms with Crippen LogP contribution in [0, 0.1) is 6.92 Å². The minimum atomic E-state index is -4.79. The number of ether oxygens (including phenoxy) is 1. The number of alkyl halides is 3. The molecule has 12 nitrogen and oxygen atoms in total. The molecule has 4 aromatic heterocycles. The second-order valence-corrected chi connectivity index (χ2v) is 12.1. The monoisotopic (exact) mass is 604 g/mol. The average Bonchev–Trinajstić information content (AvgIpc) is 3.81. The third kappa shape index (κ3) is 5.49. The number of pyridine rings is 1. The van der Waals surface area contributed by atoms with Crippen molar-refractivity contribution in [2.24, 2.45) is 0 Å². The lowest BCUT2D eigenvalue weighted by molar-refractivity contribution is -0.162. The van der Waals surface area contributed by atoms with Gasteiger partial charge in [0.05, 0.1) is 24.3 Å². The van der Waals surface area contributed by atoms with E-state index in [0.717, 1.165) is 19.8 Å². The van der Waals surface area contributed by atoms with Gasteiger partial charge in [-0.1, -0.05) is 13.0 Å². The lowest BCUT2D eigenvalue weighted by Gasteiger charge is -2.22. The largest absolute Gasteiger partial charge is 0.480 e. The average molecular weight is 605 g/mol. The Bertz CT molecular complexity index is 1830. The second-order valence-electron chi connectivity index (χ2n) is 9.84. The molecule has 1 aliphatic rings. The van der Waals surface area contributed by atoms with Crippen LogP contribution in [0.4, 0.5) is 19.0 Å². The van der Waals surface area contributed by atoms with Gasteiger partial charge in [-0.3, -0.25) is 9.36 Å². The number of anilines is 1. The summed E-state index contributed by atoms with van der Waals surface area (Å²) in [5.74, 6) is -0.172. The van der Waals surface area contributed by atoms with Gasteiger partial charge in [-0.05, 0) is 38.3 Å². The summed E-state index contributed by atoms with van der Waals surface area (Å²) in [5.41, 5.74) is 0.321. The van der Waals surface area contributed by atoms with Crippen molar-refractivity contribution in [3.05, 3.63) is 52.0 Å². The molecule has 1 aliphatic carbocycles. The van der Waals surface area contributed by atoms with Gasteiger partial charge in [-0.15, -0.1) is 0 Å². The third-order valence-electron chi connectivity index (χ3n) is 6.95. The maximum Gasteiger partial charge on any atom is 0.409 e. The Morgan fingerprint density at radius 3 is 2.48 bits per heavy atom. The van der Waals surface area contributed by atoms with Gasteiger partial charge in [0.15, 0.2) is 32.2 Å². The molecule has 5 rings (SSSR count). The number of rotatable bonds is 9. The van der Waals surface area contributed by atoms with Gasteiger partial charge >= 0.3 is 6.18 Å². The van der Waals surface area contributed by atoms with E-state index in [2.05, 4.69) is 35.2 Å². The molecule has 16 heteroatoms. The number of hydrogen-bond acceptors (Lipinski definition) is 11. The highest BCUT2D eigenvalue weighted by molar-refractivity contribution is 7.91. The maximum atomic E-state index is 14.1. The second kappa shape index (κ2) is 10.9. The van der Waals surface area contributed by atoms with Crippen molar-refractivity contribution in [1.82, 2.24) is 34.5 Å². The minimum Gasteiger partial charge on any atom is -0.480 e. The van der Waals surface area contributed by atoms with Gasteiger partial charge in [-0.2, -0.15) is 13.2 Å². The topological polar surface area (TPSA) is 155 Å². The van der Waals surface area contributed by atoms with Crippen LogP contribution in [-0.2, 0) is 16.4 Å². The molecular weight excluding hydrogens is 577 g/mol. The smallest absolute Gasteiger partial charge is 0.409 e. The molecule has 0 radical (unpaired) electrons. The van der Waals surface area contributed by atoms with Crippen LogP contribution in [0.5, 0.6) is 5.88 Å². The molecule has 1 N–H and O–H groups in total. The minimum absolute atomic E-state index is 0.0109. The number of hydrogen-bond donors (Lipinski definition) is 1. The predicted octanol–water partition coefficient (Wildman–Crippen LogP) is 3.76. The Kier molecular flexibility index (Phi) is 7.59. The van der Waals surface area contributed by atoms with Crippen LogP contribution in [0.2, 0.25) is 0 Å². The molecule has 0 unspecified atom stereocenters. The number of aryl methyl sites for hydroxylation is 1. The first-order chi connectivity index (χ1) is 19.9. The zero-order chi connectivity index (χ0) is 30.4. The van der Waals surface area contributed by atoms with E-state index >= 15 is 0 Å². The third-order valence-corrected chi connectivity index (χ3v) is 8.59. The normalized spacial score (nSPS) is 14.6. The first kappa shape index (κ1) is 29.3. The van der Waals surface area contributed by atoms with Crippen molar-refractivity contribution in [3.8, 4) is 17.3 Å². The standard InChI is InChI=1S/C26H27F3N8O4S/c1-5-42(39,40)17-9-6-15(10-30-17)11-31-22-25(38)37(14(3)26(27,28)29)23-19(35-22)13(2)34-21(36-23)18-20(16-7-8-16)32-12-33-24(18)41-4/h6,9-10,12,14,16H,5,7-8,11H2,1-4H3,(H,31,35)/t14-/m0/s1. The molecule has 4 aromatic rings. The summed E-state index contributed by atoms with van der Waals surface area (Å²) in [6, 6.07) is 0.564. The van der Waals surface area contributed by atoms with Crippen LogP contribution in [-0.4, -0.2) is 61.9 Å². The SMILES string of the molecule is CCS(=O)(=O)c1ccc(CNc2nc3c(C)nc(-c4c(OC)ncnc4C4CC4)nc3n([C@@H](C)C(F)(F)F)c2=O)cn1. The molecule has 4 heterocycles. The van der Waals surface area contributed by atoms with Crippen LogP contribution in [0.1, 0.15) is 55.6 Å². The number of nitrogens with zero attached hydrogens (tertiary/aromatic N) is 7. The number of fused-ring (bicyclic) bond motifs is 1. The molecule has 222 valence electrons. The van der Waals surface area contributed by atoms with E-state index < -0.39 is 27.6 Å². The van der Waals surface area contributed by atoms with E-state index in [1.165, 1.54) is 38.7 Å². The van der Waals surface area contributed by atoms with E-state index in [4.69, 9.17) is 4.74 Å². The molecule has 0 aromatic carbocycles. The number of methoxy groups -OCH3 is 1. The van der Waals surface area contributed by atoms with E-state index in [0.29, 0.717) is 21.4 Å². The van der Waals surface area contributed by atoms with E-state index in [-0.39, 0.29) is 57.6 Å². The fraction of sp³-hybridized carbons (Fsp3) is 0.423.